The van der Waals surface area contributed by atoms with Crippen LogP contribution in [0, 0.1) is 11.7 Å². The fourth-order valence-corrected chi connectivity index (χ4v) is 4.65. The standard InChI is InChI=1S/C23H33FN4O2S/c1-15(2)14-28-21(16(3)30-20-12-10-18(24)11-13-20)26-27-23(28)31-17(4)22(29)25-19-8-6-5-7-9-19/h10-13,15-17,19H,5-9,14H2,1-4H3,(H,25,29). The Balaban J connectivity index is 1.70. The topological polar surface area (TPSA) is 69.0 Å². The van der Waals surface area contributed by atoms with E-state index in [9.17, 15) is 9.18 Å². The Labute approximate surface area is 188 Å². The number of ether oxygens (including phenoxy) is 1. The Morgan fingerprint density at radius 1 is 1.16 bits per heavy atom. The number of halogens is 1. The average Bonchev–Trinajstić information content (AvgIpc) is 3.12. The molecule has 1 aromatic heterocycles. The number of amides is 1. The molecule has 6 nitrogen and oxygen atoms in total. The highest BCUT2D eigenvalue weighted by Crippen LogP contribution is 2.28. The van der Waals surface area contributed by atoms with Gasteiger partial charge in [0.25, 0.3) is 0 Å². The lowest BCUT2D eigenvalue weighted by atomic mass is 9.95. The van der Waals surface area contributed by atoms with E-state index in [0.29, 0.717) is 22.6 Å². The minimum Gasteiger partial charge on any atom is -0.483 e. The molecule has 1 aromatic carbocycles. The van der Waals surface area contributed by atoms with E-state index >= 15 is 0 Å². The third-order valence-electron chi connectivity index (χ3n) is 5.39. The highest BCUT2D eigenvalue weighted by molar-refractivity contribution is 8.00. The zero-order valence-electron chi connectivity index (χ0n) is 18.8. The molecule has 0 saturated heterocycles. The number of rotatable bonds is 9. The normalized spacial score (nSPS) is 16.8. The molecule has 1 saturated carbocycles. The summed E-state index contributed by atoms with van der Waals surface area (Å²) in [6.07, 6.45) is 5.40. The Bertz CT molecular complexity index is 850. The highest BCUT2D eigenvalue weighted by Gasteiger charge is 2.25. The first-order valence-electron chi connectivity index (χ1n) is 11.2. The Kier molecular flexibility index (Phi) is 8.35. The molecule has 3 rings (SSSR count). The average molecular weight is 449 g/mol. The lowest BCUT2D eigenvalue weighted by Crippen LogP contribution is -2.40. The highest BCUT2D eigenvalue weighted by atomic mass is 32.2. The van der Waals surface area contributed by atoms with Gasteiger partial charge in [-0.25, -0.2) is 4.39 Å². The van der Waals surface area contributed by atoms with Crippen LogP contribution in [0.4, 0.5) is 4.39 Å². The van der Waals surface area contributed by atoms with Crippen LogP contribution in [0.15, 0.2) is 29.4 Å². The zero-order valence-corrected chi connectivity index (χ0v) is 19.6. The quantitative estimate of drug-likeness (QED) is 0.538. The molecule has 8 heteroatoms. The molecule has 170 valence electrons. The maximum Gasteiger partial charge on any atom is 0.233 e. The lowest BCUT2D eigenvalue weighted by molar-refractivity contribution is -0.121. The van der Waals surface area contributed by atoms with Gasteiger partial charge in [0, 0.05) is 12.6 Å². The molecule has 1 aliphatic carbocycles. The molecule has 1 amide bonds. The number of aromatic nitrogens is 3. The molecule has 0 aliphatic heterocycles. The molecule has 2 unspecified atom stereocenters. The predicted molar refractivity (Wildman–Crippen MR) is 121 cm³/mol. The lowest BCUT2D eigenvalue weighted by Gasteiger charge is -2.24. The summed E-state index contributed by atoms with van der Waals surface area (Å²) in [5, 5.41) is 12.4. The van der Waals surface area contributed by atoms with E-state index in [4.69, 9.17) is 4.74 Å². The molecule has 31 heavy (non-hydrogen) atoms. The van der Waals surface area contributed by atoms with Crippen molar-refractivity contribution in [3.63, 3.8) is 0 Å². The van der Waals surface area contributed by atoms with Gasteiger partial charge in [0.1, 0.15) is 11.6 Å². The smallest absolute Gasteiger partial charge is 0.233 e. The van der Waals surface area contributed by atoms with E-state index in [1.54, 1.807) is 12.1 Å². The maximum atomic E-state index is 13.2. The van der Waals surface area contributed by atoms with Crippen molar-refractivity contribution in [2.75, 3.05) is 0 Å². The Morgan fingerprint density at radius 3 is 2.48 bits per heavy atom. The second-order valence-electron chi connectivity index (χ2n) is 8.66. The number of carbonyl (C=O) groups excluding carboxylic acids is 1. The fraction of sp³-hybridized carbons (Fsp3) is 0.609. The van der Waals surface area contributed by atoms with Gasteiger partial charge in [-0.05, 0) is 56.9 Å². The molecule has 0 radical (unpaired) electrons. The minimum absolute atomic E-state index is 0.0492. The molecule has 2 aromatic rings. The van der Waals surface area contributed by atoms with Crippen molar-refractivity contribution in [1.82, 2.24) is 20.1 Å². The van der Waals surface area contributed by atoms with Crippen LogP contribution in [0.3, 0.4) is 0 Å². The van der Waals surface area contributed by atoms with Gasteiger partial charge in [-0.15, -0.1) is 10.2 Å². The van der Waals surface area contributed by atoms with Crippen molar-refractivity contribution in [3.05, 3.63) is 35.9 Å². The molecule has 1 heterocycles. The van der Waals surface area contributed by atoms with Crippen LogP contribution in [0.1, 0.15) is 71.7 Å². The SMILES string of the molecule is CC(C)Cn1c(SC(C)C(=O)NC2CCCCC2)nnc1C(C)Oc1ccc(F)cc1. The van der Waals surface area contributed by atoms with E-state index in [0.717, 1.165) is 19.4 Å². The van der Waals surface area contributed by atoms with Crippen molar-refractivity contribution in [1.29, 1.82) is 0 Å². The Hall–Kier alpha value is -2.09. The van der Waals surface area contributed by atoms with Gasteiger partial charge >= 0.3 is 0 Å². The number of nitrogens with one attached hydrogen (secondary N) is 1. The molecule has 1 N–H and O–H groups in total. The molecular weight excluding hydrogens is 415 g/mol. The molecule has 0 spiro atoms. The summed E-state index contributed by atoms with van der Waals surface area (Å²) >= 11 is 1.43. The van der Waals surface area contributed by atoms with Crippen molar-refractivity contribution in [2.45, 2.75) is 88.9 Å². The van der Waals surface area contributed by atoms with Gasteiger partial charge in [-0.1, -0.05) is 44.9 Å². The summed E-state index contributed by atoms with van der Waals surface area (Å²) in [7, 11) is 0. The number of carbonyl (C=O) groups is 1. The summed E-state index contributed by atoms with van der Waals surface area (Å²) in [5.41, 5.74) is 0. The van der Waals surface area contributed by atoms with Crippen molar-refractivity contribution < 1.29 is 13.9 Å². The first kappa shape index (κ1) is 23.6. The van der Waals surface area contributed by atoms with E-state index in [1.165, 1.54) is 43.2 Å². The van der Waals surface area contributed by atoms with E-state index in [2.05, 4.69) is 29.4 Å². The molecular formula is C23H33FN4O2S. The molecule has 1 fully saturated rings. The first-order valence-corrected chi connectivity index (χ1v) is 12.0. The Morgan fingerprint density at radius 2 is 1.84 bits per heavy atom. The van der Waals surface area contributed by atoms with Crippen LogP contribution in [0.5, 0.6) is 5.75 Å². The van der Waals surface area contributed by atoms with Gasteiger partial charge in [0.2, 0.25) is 5.91 Å². The molecule has 1 aliphatic rings. The van der Waals surface area contributed by atoms with E-state index in [1.807, 2.05) is 18.4 Å². The molecule has 0 bridgehead atoms. The number of nitrogens with zero attached hydrogens (tertiary/aromatic N) is 3. The summed E-state index contributed by atoms with van der Waals surface area (Å²) < 4.78 is 21.2. The van der Waals surface area contributed by atoms with Crippen LogP contribution in [0.2, 0.25) is 0 Å². The van der Waals surface area contributed by atoms with Crippen molar-refractivity contribution in [2.24, 2.45) is 5.92 Å². The fourth-order valence-electron chi connectivity index (χ4n) is 3.77. The van der Waals surface area contributed by atoms with Crippen molar-refractivity contribution in [3.8, 4) is 5.75 Å². The van der Waals surface area contributed by atoms with Gasteiger partial charge in [0.05, 0.1) is 5.25 Å². The van der Waals surface area contributed by atoms with E-state index < -0.39 is 0 Å². The van der Waals surface area contributed by atoms with Crippen LogP contribution in [-0.2, 0) is 11.3 Å². The van der Waals surface area contributed by atoms with E-state index in [-0.39, 0.29) is 29.1 Å². The van der Waals surface area contributed by atoms with Gasteiger partial charge < -0.3 is 14.6 Å². The van der Waals surface area contributed by atoms with Crippen LogP contribution < -0.4 is 10.1 Å². The maximum absolute atomic E-state index is 13.2. The third-order valence-corrected chi connectivity index (χ3v) is 6.47. The summed E-state index contributed by atoms with van der Waals surface area (Å²) in [6, 6.07) is 6.23. The largest absolute Gasteiger partial charge is 0.483 e. The molecule has 2 atom stereocenters. The van der Waals surface area contributed by atoms with Crippen LogP contribution in [0.25, 0.3) is 0 Å². The number of thioether (sulfide) groups is 1. The number of benzene rings is 1. The minimum atomic E-state index is -0.363. The predicted octanol–water partition coefficient (Wildman–Crippen LogP) is 5.14. The van der Waals surface area contributed by atoms with Crippen molar-refractivity contribution >= 4 is 17.7 Å². The number of hydrogen-bond acceptors (Lipinski definition) is 5. The zero-order chi connectivity index (χ0) is 22.4. The monoisotopic (exact) mass is 448 g/mol. The summed E-state index contributed by atoms with van der Waals surface area (Å²) in [4.78, 5) is 12.7. The van der Waals surface area contributed by atoms with Gasteiger partial charge in [0.15, 0.2) is 17.1 Å². The van der Waals surface area contributed by atoms with Crippen LogP contribution in [-0.4, -0.2) is 32.0 Å². The van der Waals surface area contributed by atoms with Gasteiger partial charge in [-0.2, -0.15) is 0 Å². The number of hydrogen-bond donors (Lipinski definition) is 1. The second kappa shape index (κ2) is 11.0. The first-order chi connectivity index (χ1) is 14.8. The van der Waals surface area contributed by atoms with Crippen LogP contribution >= 0.6 is 11.8 Å². The summed E-state index contributed by atoms with van der Waals surface area (Å²) in [6.45, 7) is 8.79. The second-order valence-corrected chi connectivity index (χ2v) is 9.97. The summed E-state index contributed by atoms with van der Waals surface area (Å²) in [5.74, 6) is 1.39. The third kappa shape index (κ3) is 6.69. The van der Waals surface area contributed by atoms with Gasteiger partial charge in [-0.3, -0.25) is 4.79 Å².